The number of nitrogens with one attached hydrogen (secondary N) is 1. The van der Waals surface area contributed by atoms with Crippen molar-refractivity contribution in [3.63, 3.8) is 0 Å². The number of ether oxygens (including phenoxy) is 1. The van der Waals surface area contributed by atoms with Crippen LogP contribution < -0.4 is 10.1 Å². The van der Waals surface area contributed by atoms with Crippen molar-refractivity contribution in [3.05, 3.63) is 94.2 Å². The smallest absolute Gasteiger partial charge is 0.388 e. The number of aromatic nitrogens is 1. The number of amides is 1. The molecule has 1 amide bonds. The van der Waals surface area contributed by atoms with E-state index in [0.717, 1.165) is 35.2 Å². The minimum atomic E-state index is -2.90. The van der Waals surface area contributed by atoms with Crippen LogP contribution in [0.25, 0.3) is 0 Å². The van der Waals surface area contributed by atoms with Crippen LogP contribution in [-0.2, 0) is 30.2 Å². The molecule has 0 saturated heterocycles. The van der Waals surface area contributed by atoms with Gasteiger partial charge in [0.05, 0.1) is 5.25 Å². The van der Waals surface area contributed by atoms with Gasteiger partial charge in [-0.15, -0.1) is 0 Å². The van der Waals surface area contributed by atoms with Crippen LogP contribution >= 0.6 is 0 Å². The monoisotopic (exact) mass is 557 g/mol. The zero-order valence-corrected chi connectivity index (χ0v) is 23.0. The van der Waals surface area contributed by atoms with Crippen LogP contribution in [0, 0.1) is 5.92 Å². The van der Waals surface area contributed by atoms with Gasteiger partial charge in [-0.05, 0) is 59.2 Å². The maximum Gasteiger partial charge on any atom is 0.388 e. The van der Waals surface area contributed by atoms with E-state index in [1.165, 1.54) is 11.6 Å². The Balaban J connectivity index is 1.42. The molecule has 1 N–H and O–H groups in total. The molecule has 1 unspecified atom stereocenters. The number of rotatable bonds is 10. The Hall–Kier alpha value is -3.37. The van der Waals surface area contributed by atoms with Crippen molar-refractivity contribution in [3.8, 4) is 5.88 Å². The second kappa shape index (κ2) is 12.7. The van der Waals surface area contributed by atoms with Gasteiger partial charge in [0, 0.05) is 43.5 Å². The maximum absolute atomic E-state index is 12.9. The van der Waals surface area contributed by atoms with Crippen LogP contribution in [0.3, 0.4) is 0 Å². The first-order valence-electron chi connectivity index (χ1n) is 12.9. The standard InChI is InChI=1S/C29H33F2N3O4S/c1-18(2)27-25-10-9-24(28(35)33-15-20-4-7-22(8-5-20)19(3)39(36)37)14-23(25)12-13-34(27)17-21-6-11-26(32-16-21)38-29(30)31/h4-11,14,16,18-19,27,29,39H,12-13,15,17H2,1-3H3,(H,33,35)/t19?,27-/m1/s1. The van der Waals surface area contributed by atoms with Gasteiger partial charge < -0.3 is 10.1 Å². The number of hydrogen-bond donors (Lipinski definition) is 2. The summed E-state index contributed by atoms with van der Waals surface area (Å²) in [6.45, 7) is 4.81. The van der Waals surface area contributed by atoms with Crippen LogP contribution in [0.1, 0.15) is 70.2 Å². The molecule has 0 saturated carbocycles. The highest BCUT2D eigenvalue weighted by atomic mass is 32.2. The van der Waals surface area contributed by atoms with E-state index in [9.17, 15) is 22.0 Å². The Morgan fingerprint density at radius 1 is 1.08 bits per heavy atom. The number of pyridine rings is 1. The van der Waals surface area contributed by atoms with Gasteiger partial charge in [-0.3, -0.25) is 9.69 Å². The SMILES string of the molecule is CC(C)[C@@H]1c2ccc(C(=O)NCc3ccc(C(C)[SH](=O)=O)cc3)cc2CCN1Cc1ccc(OC(F)F)nc1. The number of carbonyl (C=O) groups excluding carboxylic acids is 1. The van der Waals surface area contributed by atoms with E-state index in [1.54, 1.807) is 31.3 Å². The van der Waals surface area contributed by atoms with E-state index in [1.807, 2.05) is 30.3 Å². The van der Waals surface area contributed by atoms with Crippen LogP contribution in [0.4, 0.5) is 8.78 Å². The van der Waals surface area contributed by atoms with Gasteiger partial charge in [-0.2, -0.15) is 8.78 Å². The molecule has 208 valence electrons. The van der Waals surface area contributed by atoms with Crippen LogP contribution in [0.15, 0.2) is 60.8 Å². The van der Waals surface area contributed by atoms with E-state index < -0.39 is 22.6 Å². The van der Waals surface area contributed by atoms with Crippen molar-refractivity contribution in [2.24, 2.45) is 5.92 Å². The summed E-state index contributed by atoms with van der Waals surface area (Å²) in [5.74, 6) is 0.0371. The highest BCUT2D eigenvalue weighted by Crippen LogP contribution is 2.36. The Bertz CT molecular complexity index is 1350. The molecule has 1 aliphatic heterocycles. The molecule has 3 aromatic rings. The van der Waals surface area contributed by atoms with E-state index in [-0.39, 0.29) is 17.8 Å². The number of alkyl halides is 2. The van der Waals surface area contributed by atoms with Gasteiger partial charge in [0.15, 0.2) is 0 Å². The van der Waals surface area contributed by atoms with Crippen LogP contribution in [-0.4, -0.2) is 37.4 Å². The van der Waals surface area contributed by atoms with Crippen molar-refractivity contribution >= 4 is 16.6 Å². The third-order valence-electron chi connectivity index (χ3n) is 7.04. The third-order valence-corrected chi connectivity index (χ3v) is 7.97. The Morgan fingerprint density at radius 2 is 1.79 bits per heavy atom. The average Bonchev–Trinajstić information content (AvgIpc) is 2.91. The summed E-state index contributed by atoms with van der Waals surface area (Å²) in [6, 6.07) is 16.4. The van der Waals surface area contributed by atoms with Crippen LogP contribution in [0.5, 0.6) is 5.88 Å². The molecule has 4 rings (SSSR count). The molecule has 0 radical (unpaired) electrons. The molecule has 2 aromatic carbocycles. The molecule has 0 bridgehead atoms. The third kappa shape index (κ3) is 7.19. The normalized spacial score (nSPS) is 16.4. The van der Waals surface area contributed by atoms with Crippen molar-refractivity contribution < 1.29 is 26.7 Å². The summed E-state index contributed by atoms with van der Waals surface area (Å²) in [5, 5.41) is 2.41. The topological polar surface area (TPSA) is 88.6 Å². The zero-order chi connectivity index (χ0) is 28.1. The lowest BCUT2D eigenvalue weighted by Crippen LogP contribution is -2.38. The lowest BCUT2D eigenvalue weighted by molar-refractivity contribution is -0.0528. The summed E-state index contributed by atoms with van der Waals surface area (Å²) in [6.07, 6.45) is 2.35. The van der Waals surface area contributed by atoms with Crippen molar-refractivity contribution in [2.45, 2.75) is 58.2 Å². The number of fused-ring (bicyclic) bond motifs is 1. The molecular weight excluding hydrogens is 524 g/mol. The number of halogens is 2. The number of hydrogen-bond acceptors (Lipinski definition) is 6. The number of benzene rings is 2. The van der Waals surface area contributed by atoms with E-state index >= 15 is 0 Å². The zero-order valence-electron chi connectivity index (χ0n) is 22.1. The Kier molecular flexibility index (Phi) is 9.29. The molecule has 2 atom stereocenters. The summed E-state index contributed by atoms with van der Waals surface area (Å²) in [7, 11) is -2.53. The molecule has 0 fully saturated rings. The number of thiol groups is 1. The summed E-state index contributed by atoms with van der Waals surface area (Å²) < 4.78 is 51.6. The molecule has 1 aliphatic rings. The fourth-order valence-electron chi connectivity index (χ4n) is 5.03. The first-order valence-corrected chi connectivity index (χ1v) is 14.1. The van der Waals surface area contributed by atoms with E-state index in [4.69, 9.17) is 0 Å². The lowest BCUT2D eigenvalue weighted by Gasteiger charge is -2.40. The lowest BCUT2D eigenvalue weighted by atomic mass is 9.85. The second-order valence-electron chi connectivity index (χ2n) is 10.1. The Morgan fingerprint density at radius 3 is 2.41 bits per heavy atom. The molecule has 0 aliphatic carbocycles. The maximum atomic E-state index is 12.9. The molecule has 39 heavy (non-hydrogen) atoms. The highest BCUT2D eigenvalue weighted by Gasteiger charge is 2.30. The predicted molar refractivity (Wildman–Crippen MR) is 145 cm³/mol. The highest BCUT2D eigenvalue weighted by molar-refractivity contribution is 7.72. The van der Waals surface area contributed by atoms with Crippen molar-refractivity contribution in [1.82, 2.24) is 15.2 Å². The van der Waals surface area contributed by atoms with Crippen LogP contribution in [0.2, 0.25) is 0 Å². The van der Waals surface area contributed by atoms with Gasteiger partial charge >= 0.3 is 6.61 Å². The Labute approximate surface area is 229 Å². The second-order valence-corrected chi connectivity index (χ2v) is 11.4. The van der Waals surface area contributed by atoms with E-state index in [0.29, 0.717) is 24.6 Å². The summed E-state index contributed by atoms with van der Waals surface area (Å²) in [4.78, 5) is 19.3. The molecule has 2 heterocycles. The molecule has 1 aromatic heterocycles. The first kappa shape index (κ1) is 28.6. The van der Waals surface area contributed by atoms with Crippen molar-refractivity contribution in [1.29, 1.82) is 0 Å². The number of carbonyl (C=O) groups is 1. The molecular formula is C29H33F2N3O4S. The van der Waals surface area contributed by atoms with Gasteiger partial charge in [0.2, 0.25) is 5.88 Å². The largest absolute Gasteiger partial charge is 0.417 e. The molecule has 10 heteroatoms. The minimum Gasteiger partial charge on any atom is -0.417 e. The fourth-order valence-corrected chi connectivity index (χ4v) is 5.45. The van der Waals surface area contributed by atoms with Gasteiger partial charge in [0.1, 0.15) is 10.7 Å². The fraction of sp³-hybridized carbons (Fsp3) is 0.379. The minimum absolute atomic E-state index is 0.104. The molecule has 7 nitrogen and oxygen atoms in total. The summed E-state index contributed by atoms with van der Waals surface area (Å²) in [5.41, 5.74) is 5.43. The van der Waals surface area contributed by atoms with Crippen molar-refractivity contribution in [2.75, 3.05) is 6.54 Å². The van der Waals surface area contributed by atoms with Gasteiger partial charge in [0.25, 0.3) is 5.91 Å². The molecule has 0 spiro atoms. The number of nitrogens with zero attached hydrogens (tertiary/aromatic N) is 2. The predicted octanol–water partition coefficient (Wildman–Crippen LogP) is 5.04. The quantitative estimate of drug-likeness (QED) is 0.340. The van der Waals surface area contributed by atoms with E-state index in [2.05, 4.69) is 33.8 Å². The first-order chi connectivity index (χ1) is 18.6. The summed E-state index contributed by atoms with van der Waals surface area (Å²) >= 11 is 0. The average molecular weight is 558 g/mol. The van der Waals surface area contributed by atoms with Gasteiger partial charge in [-0.1, -0.05) is 50.2 Å². The van der Waals surface area contributed by atoms with Gasteiger partial charge in [-0.25, -0.2) is 13.4 Å².